The fourth-order valence-corrected chi connectivity index (χ4v) is 1.52. The average molecular weight is 216 g/mol. The molecule has 0 radical (unpaired) electrons. The fraction of sp³-hybridized carbons (Fsp3) is 0.556. The first-order chi connectivity index (χ1) is 6.38. The number of amides is 1. The minimum atomic E-state index is -0.219. The smallest absolute Gasteiger partial charge is 0.255 e. The van der Waals surface area contributed by atoms with Crippen LogP contribution in [0.25, 0.3) is 0 Å². The monoisotopic (exact) mass is 215 g/mol. The van der Waals surface area contributed by atoms with Gasteiger partial charge in [-0.15, -0.1) is 0 Å². The highest BCUT2D eigenvalue weighted by molar-refractivity contribution is 6.32. The van der Waals surface area contributed by atoms with Gasteiger partial charge in [-0.05, 0) is 20.8 Å². The molecule has 0 unspecified atom stereocenters. The van der Waals surface area contributed by atoms with Crippen molar-refractivity contribution in [2.75, 3.05) is 7.05 Å². The van der Waals surface area contributed by atoms with Crippen LogP contribution in [0.4, 0.5) is 0 Å². The maximum atomic E-state index is 11.3. The van der Waals surface area contributed by atoms with E-state index in [4.69, 9.17) is 11.6 Å². The fourth-order valence-electron chi connectivity index (χ4n) is 1.09. The molecule has 0 atom stereocenters. The Bertz CT molecular complexity index is 351. The van der Waals surface area contributed by atoms with Gasteiger partial charge in [-0.3, -0.25) is 4.79 Å². The van der Waals surface area contributed by atoms with E-state index in [1.54, 1.807) is 11.7 Å². The zero-order chi connectivity index (χ0) is 10.9. The normalized spacial score (nSPS) is 11.5. The molecule has 0 saturated heterocycles. The molecule has 0 aliphatic heterocycles. The Labute approximate surface area is 88.2 Å². The number of nitrogens with zero attached hydrogens (tertiary/aromatic N) is 2. The second-order valence-electron chi connectivity index (χ2n) is 4.01. The molecule has 0 aliphatic carbocycles. The maximum Gasteiger partial charge on any atom is 0.255 e. The van der Waals surface area contributed by atoms with E-state index in [2.05, 4.69) is 10.4 Å². The summed E-state index contributed by atoms with van der Waals surface area (Å²) in [6, 6.07) is 0. The third-order valence-electron chi connectivity index (χ3n) is 1.82. The Morgan fingerprint density at radius 1 is 1.57 bits per heavy atom. The Kier molecular flexibility index (Phi) is 2.85. The van der Waals surface area contributed by atoms with Gasteiger partial charge in [0, 0.05) is 7.05 Å². The number of nitrogens with one attached hydrogen (secondary N) is 1. The highest BCUT2D eigenvalue weighted by atomic mass is 35.5. The van der Waals surface area contributed by atoms with Gasteiger partial charge in [0.15, 0.2) is 0 Å². The zero-order valence-corrected chi connectivity index (χ0v) is 9.51. The van der Waals surface area contributed by atoms with Crippen molar-refractivity contribution in [1.29, 1.82) is 0 Å². The summed E-state index contributed by atoms with van der Waals surface area (Å²) in [6.07, 6.45) is 1.48. The van der Waals surface area contributed by atoms with Crippen molar-refractivity contribution in [1.82, 2.24) is 15.1 Å². The molecule has 1 aromatic rings. The molecular formula is C9H14ClN3O. The summed E-state index contributed by atoms with van der Waals surface area (Å²) in [5, 5.41) is 6.96. The molecule has 1 N–H and O–H groups in total. The topological polar surface area (TPSA) is 46.9 Å². The molecule has 1 aromatic heterocycles. The first-order valence-corrected chi connectivity index (χ1v) is 4.72. The zero-order valence-electron chi connectivity index (χ0n) is 8.76. The summed E-state index contributed by atoms with van der Waals surface area (Å²) in [7, 11) is 1.56. The molecule has 1 heterocycles. The van der Waals surface area contributed by atoms with Crippen molar-refractivity contribution >= 4 is 17.5 Å². The van der Waals surface area contributed by atoms with E-state index in [-0.39, 0.29) is 11.4 Å². The summed E-state index contributed by atoms with van der Waals surface area (Å²) in [4.78, 5) is 11.3. The van der Waals surface area contributed by atoms with Crippen LogP contribution in [0.2, 0.25) is 5.15 Å². The lowest BCUT2D eigenvalue weighted by molar-refractivity contribution is 0.0963. The molecule has 0 aliphatic rings. The molecule has 4 nitrogen and oxygen atoms in total. The van der Waals surface area contributed by atoms with Crippen LogP contribution in [0.5, 0.6) is 0 Å². The quantitative estimate of drug-likeness (QED) is 0.775. The molecule has 0 fully saturated rings. The van der Waals surface area contributed by atoms with Gasteiger partial charge < -0.3 is 5.32 Å². The van der Waals surface area contributed by atoms with Gasteiger partial charge in [0.05, 0.1) is 17.3 Å². The molecule has 0 spiro atoms. The predicted molar refractivity (Wildman–Crippen MR) is 55.6 cm³/mol. The van der Waals surface area contributed by atoms with Crippen molar-refractivity contribution in [2.45, 2.75) is 26.3 Å². The van der Waals surface area contributed by atoms with Crippen molar-refractivity contribution < 1.29 is 4.79 Å². The summed E-state index contributed by atoms with van der Waals surface area (Å²) in [6.45, 7) is 5.92. The lowest BCUT2D eigenvalue weighted by Crippen LogP contribution is -2.24. The lowest BCUT2D eigenvalue weighted by atomic mass is 10.1. The summed E-state index contributed by atoms with van der Waals surface area (Å²) in [5.74, 6) is -0.217. The third-order valence-corrected chi connectivity index (χ3v) is 2.18. The standard InChI is InChI=1S/C9H14ClN3O/c1-9(2,3)13-7(10)6(5-12-13)8(14)11-4/h5H,1-4H3,(H,11,14). The number of halogens is 1. The average Bonchev–Trinajstić information content (AvgIpc) is 2.45. The maximum absolute atomic E-state index is 11.3. The van der Waals surface area contributed by atoms with Crippen molar-refractivity contribution in [2.24, 2.45) is 0 Å². The number of hydrogen-bond acceptors (Lipinski definition) is 2. The Morgan fingerprint density at radius 2 is 2.14 bits per heavy atom. The molecule has 1 rings (SSSR count). The highest BCUT2D eigenvalue weighted by Gasteiger charge is 2.22. The minimum Gasteiger partial charge on any atom is -0.355 e. The first kappa shape index (κ1) is 11.0. The Morgan fingerprint density at radius 3 is 2.50 bits per heavy atom. The van der Waals surface area contributed by atoms with E-state index in [9.17, 15) is 4.79 Å². The van der Waals surface area contributed by atoms with Gasteiger partial charge in [0.2, 0.25) is 0 Å². The second kappa shape index (κ2) is 3.61. The molecule has 0 aromatic carbocycles. The van der Waals surface area contributed by atoms with Gasteiger partial charge in [0.25, 0.3) is 5.91 Å². The van der Waals surface area contributed by atoms with Crippen LogP contribution < -0.4 is 5.32 Å². The SMILES string of the molecule is CNC(=O)c1cnn(C(C)(C)C)c1Cl. The van der Waals surface area contributed by atoms with Crippen molar-refractivity contribution in [3.63, 3.8) is 0 Å². The number of carbonyl (C=O) groups excluding carboxylic acids is 1. The molecule has 14 heavy (non-hydrogen) atoms. The van der Waals surface area contributed by atoms with Crippen LogP contribution in [0, 0.1) is 0 Å². The lowest BCUT2D eigenvalue weighted by Gasteiger charge is -2.20. The van der Waals surface area contributed by atoms with E-state index >= 15 is 0 Å². The van der Waals surface area contributed by atoms with Gasteiger partial charge in [-0.2, -0.15) is 5.10 Å². The van der Waals surface area contributed by atoms with Gasteiger partial charge in [-0.1, -0.05) is 11.6 Å². The van der Waals surface area contributed by atoms with E-state index in [0.29, 0.717) is 10.7 Å². The van der Waals surface area contributed by atoms with Crippen molar-refractivity contribution in [3.05, 3.63) is 16.9 Å². The predicted octanol–water partition coefficient (Wildman–Crippen LogP) is 1.65. The largest absolute Gasteiger partial charge is 0.355 e. The van der Waals surface area contributed by atoms with Gasteiger partial charge >= 0.3 is 0 Å². The number of aromatic nitrogens is 2. The molecule has 78 valence electrons. The molecule has 0 saturated carbocycles. The van der Waals surface area contributed by atoms with Crippen LogP contribution in [0.1, 0.15) is 31.1 Å². The van der Waals surface area contributed by atoms with Gasteiger partial charge in [-0.25, -0.2) is 4.68 Å². The first-order valence-electron chi connectivity index (χ1n) is 4.34. The minimum absolute atomic E-state index is 0.217. The highest BCUT2D eigenvalue weighted by Crippen LogP contribution is 2.23. The molecule has 5 heteroatoms. The van der Waals surface area contributed by atoms with Crippen LogP contribution in [-0.4, -0.2) is 22.7 Å². The Balaban J connectivity index is 3.15. The summed E-state index contributed by atoms with van der Waals surface area (Å²) < 4.78 is 1.62. The third kappa shape index (κ3) is 1.90. The Hall–Kier alpha value is -1.03. The van der Waals surface area contributed by atoms with Crippen LogP contribution >= 0.6 is 11.6 Å². The van der Waals surface area contributed by atoms with E-state index in [0.717, 1.165) is 0 Å². The van der Waals surface area contributed by atoms with Crippen LogP contribution in [-0.2, 0) is 5.54 Å². The molecular weight excluding hydrogens is 202 g/mol. The van der Waals surface area contributed by atoms with Crippen molar-refractivity contribution in [3.8, 4) is 0 Å². The number of rotatable bonds is 1. The number of carbonyl (C=O) groups is 1. The summed E-state index contributed by atoms with van der Waals surface area (Å²) >= 11 is 6.02. The molecule has 0 bridgehead atoms. The van der Waals surface area contributed by atoms with E-state index in [1.807, 2.05) is 20.8 Å². The van der Waals surface area contributed by atoms with Crippen LogP contribution in [0.15, 0.2) is 6.20 Å². The van der Waals surface area contributed by atoms with Crippen LogP contribution in [0.3, 0.4) is 0 Å². The number of hydrogen-bond donors (Lipinski definition) is 1. The summed E-state index contributed by atoms with van der Waals surface area (Å²) in [5.41, 5.74) is 0.188. The van der Waals surface area contributed by atoms with E-state index in [1.165, 1.54) is 6.20 Å². The van der Waals surface area contributed by atoms with E-state index < -0.39 is 0 Å². The molecule has 1 amide bonds. The van der Waals surface area contributed by atoms with Gasteiger partial charge in [0.1, 0.15) is 5.15 Å². The second-order valence-corrected chi connectivity index (χ2v) is 4.37.